The number of aromatic nitrogens is 2. The van der Waals surface area contributed by atoms with Gasteiger partial charge in [-0.05, 0) is 31.6 Å². The maximum atomic E-state index is 12.2. The molecular formula is C19H23BN4O4. The van der Waals surface area contributed by atoms with Crippen molar-refractivity contribution in [2.75, 3.05) is 38.3 Å². The fourth-order valence-corrected chi connectivity index (χ4v) is 3.78. The Kier molecular flexibility index (Phi) is 5.19. The summed E-state index contributed by atoms with van der Waals surface area (Å²) in [6.07, 6.45) is 6.34. The van der Waals surface area contributed by atoms with Gasteiger partial charge in [0.05, 0.1) is 43.1 Å². The quantitative estimate of drug-likeness (QED) is 0.631. The highest BCUT2D eigenvalue weighted by atomic mass is 16.5. The summed E-state index contributed by atoms with van der Waals surface area (Å²) in [6, 6.07) is 3.39. The molecule has 1 unspecified atom stereocenters. The van der Waals surface area contributed by atoms with Gasteiger partial charge in [-0.1, -0.05) is 6.08 Å². The van der Waals surface area contributed by atoms with E-state index in [0.717, 1.165) is 30.0 Å². The number of nitrogens with zero attached hydrogens (tertiary/aromatic N) is 4. The summed E-state index contributed by atoms with van der Waals surface area (Å²) in [7, 11) is 0.703. The molecule has 1 N–H and O–H groups in total. The monoisotopic (exact) mass is 382 g/mol. The number of morpholine rings is 1. The van der Waals surface area contributed by atoms with Crippen LogP contribution in [0.25, 0.3) is 11.0 Å². The second-order valence-corrected chi connectivity index (χ2v) is 6.97. The van der Waals surface area contributed by atoms with Crippen molar-refractivity contribution >= 4 is 29.9 Å². The third-order valence-corrected chi connectivity index (χ3v) is 5.21. The van der Waals surface area contributed by atoms with Crippen molar-refractivity contribution in [3.05, 3.63) is 41.7 Å². The van der Waals surface area contributed by atoms with Gasteiger partial charge in [0.25, 0.3) is 0 Å². The minimum Gasteiger partial charge on any atom is -0.465 e. The van der Waals surface area contributed by atoms with Gasteiger partial charge in [0, 0.05) is 24.7 Å². The molecule has 0 bridgehead atoms. The number of anilines is 1. The number of methoxy groups -OCH3 is 1. The SMILES string of the molecule is COC(=O)c1cc(C2CC=CN2B(C)O)c2nc(N3CCOCC3)cnc2c1. The summed E-state index contributed by atoms with van der Waals surface area (Å²) >= 11 is 0. The second kappa shape index (κ2) is 7.77. The molecule has 1 aromatic heterocycles. The highest BCUT2D eigenvalue weighted by Crippen LogP contribution is 2.35. The molecule has 146 valence electrons. The van der Waals surface area contributed by atoms with Gasteiger partial charge in [-0.25, -0.2) is 9.78 Å². The molecule has 0 spiro atoms. The summed E-state index contributed by atoms with van der Waals surface area (Å²) in [5.74, 6) is 0.370. The van der Waals surface area contributed by atoms with E-state index < -0.39 is 13.0 Å². The Morgan fingerprint density at radius 2 is 2.14 bits per heavy atom. The van der Waals surface area contributed by atoms with Gasteiger partial charge in [-0.2, -0.15) is 0 Å². The molecule has 1 aromatic carbocycles. The molecule has 0 radical (unpaired) electrons. The van der Waals surface area contributed by atoms with Crippen LogP contribution in [0.1, 0.15) is 28.4 Å². The maximum Gasteiger partial charge on any atom is 0.409 e. The Hall–Kier alpha value is -2.65. The van der Waals surface area contributed by atoms with E-state index in [9.17, 15) is 9.82 Å². The maximum absolute atomic E-state index is 12.2. The largest absolute Gasteiger partial charge is 0.465 e. The van der Waals surface area contributed by atoms with Crippen LogP contribution in [0.3, 0.4) is 0 Å². The van der Waals surface area contributed by atoms with Crippen LogP contribution in [0, 0.1) is 0 Å². The molecule has 1 atom stereocenters. The minimum absolute atomic E-state index is 0.124. The van der Waals surface area contributed by atoms with Crippen molar-refractivity contribution in [3.8, 4) is 0 Å². The van der Waals surface area contributed by atoms with Crippen molar-refractivity contribution in [2.24, 2.45) is 0 Å². The van der Waals surface area contributed by atoms with Crippen LogP contribution in [0.5, 0.6) is 0 Å². The summed E-state index contributed by atoms with van der Waals surface area (Å²) in [5.41, 5.74) is 2.64. The number of hydrogen-bond acceptors (Lipinski definition) is 8. The molecule has 9 heteroatoms. The molecule has 4 rings (SSSR count). The van der Waals surface area contributed by atoms with Crippen LogP contribution < -0.4 is 4.90 Å². The standard InChI is InChI=1S/C19H23BN4O4/c1-20(26)24-5-3-4-16(24)14-10-13(19(25)27-2)11-15-18(14)22-17(12-21-15)23-6-8-28-9-7-23/h3,5,10-12,16,26H,4,6-9H2,1-2H3. The lowest BCUT2D eigenvalue weighted by Gasteiger charge is -2.29. The van der Waals surface area contributed by atoms with E-state index in [1.54, 1.807) is 25.2 Å². The van der Waals surface area contributed by atoms with Crippen molar-refractivity contribution in [1.82, 2.24) is 14.8 Å². The van der Waals surface area contributed by atoms with Gasteiger partial charge in [-0.3, -0.25) is 4.98 Å². The zero-order valence-corrected chi connectivity index (χ0v) is 16.0. The molecule has 2 aromatic rings. The summed E-state index contributed by atoms with van der Waals surface area (Å²) in [6.45, 7) is 4.58. The average molecular weight is 382 g/mol. The Balaban J connectivity index is 1.84. The second-order valence-electron chi connectivity index (χ2n) is 6.97. The van der Waals surface area contributed by atoms with Crippen LogP contribution >= 0.6 is 0 Å². The van der Waals surface area contributed by atoms with Crippen LogP contribution in [0.2, 0.25) is 6.82 Å². The van der Waals surface area contributed by atoms with Crippen LogP contribution in [-0.2, 0) is 9.47 Å². The van der Waals surface area contributed by atoms with E-state index >= 15 is 0 Å². The van der Waals surface area contributed by atoms with E-state index in [4.69, 9.17) is 14.5 Å². The summed E-state index contributed by atoms with van der Waals surface area (Å²) in [4.78, 5) is 25.7. The number of carbonyl (C=O) groups excluding carboxylic acids is 1. The molecule has 0 amide bonds. The zero-order valence-electron chi connectivity index (χ0n) is 16.0. The number of benzene rings is 1. The van der Waals surface area contributed by atoms with Crippen molar-refractivity contribution in [3.63, 3.8) is 0 Å². The van der Waals surface area contributed by atoms with Gasteiger partial charge >= 0.3 is 13.0 Å². The predicted molar refractivity (Wildman–Crippen MR) is 106 cm³/mol. The lowest BCUT2D eigenvalue weighted by Crippen LogP contribution is -2.37. The lowest BCUT2D eigenvalue weighted by atomic mass is 9.82. The zero-order chi connectivity index (χ0) is 19.7. The number of ether oxygens (including phenoxy) is 2. The summed E-state index contributed by atoms with van der Waals surface area (Å²) < 4.78 is 10.3. The van der Waals surface area contributed by atoms with Gasteiger partial charge in [0.2, 0.25) is 0 Å². The molecular weight excluding hydrogens is 359 g/mol. The Bertz CT molecular complexity index is 914. The van der Waals surface area contributed by atoms with E-state index in [1.165, 1.54) is 7.11 Å². The third kappa shape index (κ3) is 3.43. The van der Waals surface area contributed by atoms with Crippen molar-refractivity contribution in [1.29, 1.82) is 0 Å². The normalized spacial score (nSPS) is 19.3. The fourth-order valence-electron chi connectivity index (χ4n) is 3.78. The van der Waals surface area contributed by atoms with Gasteiger partial charge in [0.1, 0.15) is 5.82 Å². The lowest BCUT2D eigenvalue weighted by molar-refractivity contribution is 0.0600. The fraction of sp³-hybridized carbons (Fsp3) is 0.421. The number of fused-ring (bicyclic) bond motifs is 1. The number of hydrogen-bond donors (Lipinski definition) is 1. The van der Waals surface area contributed by atoms with Gasteiger partial charge < -0.3 is 24.2 Å². The molecule has 2 aliphatic heterocycles. The van der Waals surface area contributed by atoms with E-state index in [0.29, 0.717) is 30.7 Å². The van der Waals surface area contributed by atoms with Crippen LogP contribution in [0.15, 0.2) is 30.6 Å². The van der Waals surface area contributed by atoms with Gasteiger partial charge in [-0.15, -0.1) is 0 Å². The molecule has 8 nitrogen and oxygen atoms in total. The molecule has 2 aliphatic rings. The molecule has 28 heavy (non-hydrogen) atoms. The Morgan fingerprint density at radius 3 is 2.86 bits per heavy atom. The number of rotatable bonds is 4. The van der Waals surface area contributed by atoms with E-state index in [2.05, 4.69) is 9.88 Å². The van der Waals surface area contributed by atoms with Crippen molar-refractivity contribution < 1.29 is 19.3 Å². The number of esters is 1. The third-order valence-electron chi connectivity index (χ3n) is 5.21. The van der Waals surface area contributed by atoms with E-state index in [-0.39, 0.29) is 6.04 Å². The first kappa shape index (κ1) is 18.7. The molecule has 3 heterocycles. The molecule has 0 saturated carbocycles. The van der Waals surface area contributed by atoms with Crippen LogP contribution in [0.4, 0.5) is 5.82 Å². The highest BCUT2D eigenvalue weighted by Gasteiger charge is 2.30. The van der Waals surface area contributed by atoms with Crippen LogP contribution in [-0.4, -0.2) is 66.2 Å². The Labute approximate surface area is 163 Å². The summed E-state index contributed by atoms with van der Waals surface area (Å²) in [5, 5.41) is 10.2. The smallest absolute Gasteiger partial charge is 0.409 e. The molecule has 1 fully saturated rings. The first-order valence-electron chi connectivity index (χ1n) is 9.42. The molecule has 1 saturated heterocycles. The highest BCUT2D eigenvalue weighted by molar-refractivity contribution is 6.45. The minimum atomic E-state index is -0.657. The van der Waals surface area contributed by atoms with E-state index in [1.807, 2.05) is 17.1 Å². The molecule has 0 aliphatic carbocycles. The first-order valence-corrected chi connectivity index (χ1v) is 9.42. The average Bonchev–Trinajstić information content (AvgIpc) is 3.22. The first-order chi connectivity index (χ1) is 13.6. The van der Waals surface area contributed by atoms with Gasteiger partial charge in [0.15, 0.2) is 0 Å². The predicted octanol–water partition coefficient (Wildman–Crippen LogP) is 1.62. The van der Waals surface area contributed by atoms with Crippen molar-refractivity contribution in [2.45, 2.75) is 19.3 Å². The number of carbonyl (C=O) groups is 1. The Morgan fingerprint density at radius 1 is 1.36 bits per heavy atom. The topological polar surface area (TPSA) is 88.0 Å².